The highest BCUT2D eigenvalue weighted by Crippen LogP contribution is 2.35. The molecule has 1 saturated heterocycles. The number of unbranched alkanes of at least 4 members (excludes halogenated alkanes) is 7. The molecule has 1 rings (SSSR count). The summed E-state index contributed by atoms with van der Waals surface area (Å²) in [5.74, 6) is -2.38. The van der Waals surface area contributed by atoms with Gasteiger partial charge in [-0.15, -0.1) is 0 Å². The third-order valence-electron chi connectivity index (χ3n) is 7.63. The molecule has 1 fully saturated rings. The summed E-state index contributed by atoms with van der Waals surface area (Å²) in [5.41, 5.74) is -0.586. The van der Waals surface area contributed by atoms with Gasteiger partial charge < -0.3 is 25.2 Å². The quantitative estimate of drug-likeness (QED) is 0.189. The summed E-state index contributed by atoms with van der Waals surface area (Å²) in [7, 11) is 0. The van der Waals surface area contributed by atoms with E-state index in [1.54, 1.807) is 13.8 Å². The fraction of sp³-hybridized carbons (Fsp3) is 0.900. The number of carboxylic acid groups (broad SMARTS) is 1. The molecule has 0 aromatic carbocycles. The summed E-state index contributed by atoms with van der Waals surface area (Å²) in [6, 6.07) is -1.26. The van der Waals surface area contributed by atoms with Gasteiger partial charge in [-0.25, -0.2) is 0 Å². The second-order valence-electron chi connectivity index (χ2n) is 12.5. The van der Waals surface area contributed by atoms with Gasteiger partial charge in [0.1, 0.15) is 6.10 Å². The number of nitrogens with one attached hydrogen (secondary N) is 2. The molecule has 2 amide bonds. The largest absolute Gasteiger partial charge is 0.481 e. The van der Waals surface area contributed by atoms with E-state index in [-0.39, 0.29) is 30.1 Å². The van der Waals surface area contributed by atoms with Crippen LogP contribution in [0.1, 0.15) is 126 Å². The SMILES string of the molecule is CCCCCCCCCCC(C(=O)NC(CC)C(CC(=O)O)NC(=O)C1OC(C)(C)OCC1(C)C)C(C)C. The average Bonchev–Trinajstić information content (AvgIpc) is 2.82. The lowest BCUT2D eigenvalue weighted by atomic mass is 9.85. The molecular weight excluding hydrogens is 484 g/mol. The van der Waals surface area contributed by atoms with E-state index in [2.05, 4.69) is 31.4 Å². The van der Waals surface area contributed by atoms with Crippen LogP contribution in [-0.2, 0) is 23.9 Å². The van der Waals surface area contributed by atoms with E-state index in [1.807, 2.05) is 20.8 Å². The normalized spacial score (nSPS) is 20.9. The van der Waals surface area contributed by atoms with Crippen LogP contribution in [0.5, 0.6) is 0 Å². The molecule has 0 aromatic heterocycles. The van der Waals surface area contributed by atoms with Crippen molar-refractivity contribution in [3.63, 3.8) is 0 Å². The van der Waals surface area contributed by atoms with Crippen molar-refractivity contribution >= 4 is 17.8 Å². The van der Waals surface area contributed by atoms with Gasteiger partial charge >= 0.3 is 5.97 Å². The molecule has 38 heavy (non-hydrogen) atoms. The Bertz CT molecular complexity index is 736. The van der Waals surface area contributed by atoms with Crippen LogP contribution in [0, 0.1) is 17.3 Å². The monoisotopic (exact) mass is 540 g/mol. The van der Waals surface area contributed by atoms with E-state index in [0.717, 1.165) is 19.3 Å². The molecule has 222 valence electrons. The molecule has 0 bridgehead atoms. The highest BCUT2D eigenvalue weighted by Gasteiger charge is 2.46. The number of aliphatic carboxylic acids is 1. The Hall–Kier alpha value is -1.67. The molecule has 8 heteroatoms. The van der Waals surface area contributed by atoms with Gasteiger partial charge in [0.15, 0.2) is 5.79 Å². The van der Waals surface area contributed by atoms with Crippen molar-refractivity contribution in [1.82, 2.24) is 10.6 Å². The summed E-state index contributed by atoms with van der Waals surface area (Å²) >= 11 is 0. The number of carbonyl (C=O) groups excluding carboxylic acids is 2. The summed E-state index contributed by atoms with van der Waals surface area (Å²) in [6.07, 6.45) is 9.91. The molecule has 1 aliphatic heterocycles. The molecule has 0 aliphatic carbocycles. The van der Waals surface area contributed by atoms with Gasteiger partial charge in [0.05, 0.1) is 19.1 Å². The molecule has 1 heterocycles. The van der Waals surface area contributed by atoms with Crippen LogP contribution in [0.3, 0.4) is 0 Å². The van der Waals surface area contributed by atoms with Crippen LogP contribution in [0.15, 0.2) is 0 Å². The predicted octanol–water partition coefficient (Wildman–Crippen LogP) is 5.82. The predicted molar refractivity (Wildman–Crippen MR) is 151 cm³/mol. The molecule has 0 radical (unpaired) electrons. The molecular formula is C30H56N2O6. The first-order valence-corrected chi connectivity index (χ1v) is 14.9. The Labute approximate surface area is 231 Å². The molecule has 3 N–H and O–H groups in total. The highest BCUT2D eigenvalue weighted by molar-refractivity contribution is 5.83. The Morgan fingerprint density at radius 3 is 2.00 bits per heavy atom. The minimum Gasteiger partial charge on any atom is -0.481 e. The minimum absolute atomic E-state index is 0.0665. The lowest BCUT2D eigenvalue weighted by Crippen LogP contribution is -2.60. The van der Waals surface area contributed by atoms with Crippen molar-refractivity contribution in [3.8, 4) is 0 Å². The maximum atomic E-state index is 13.3. The summed E-state index contributed by atoms with van der Waals surface area (Å²) in [5, 5.41) is 15.6. The standard InChI is InChI=1S/C30H56N2O6/c1-9-11-12-13-14-15-16-17-18-22(21(3)4)27(35)31-23(10-2)24(19-25(33)34)32-28(36)26-29(5,6)20-37-30(7,8)38-26/h21-24,26H,9-20H2,1-8H3,(H,31,35)(H,32,36)(H,33,34). The maximum absolute atomic E-state index is 13.3. The summed E-state index contributed by atoms with van der Waals surface area (Å²) in [4.78, 5) is 38.4. The molecule has 0 aromatic rings. The Kier molecular flexibility index (Phi) is 14.9. The minimum atomic E-state index is -1.03. The number of ether oxygens (including phenoxy) is 2. The summed E-state index contributed by atoms with van der Waals surface area (Å²) in [6.45, 7) is 15.8. The summed E-state index contributed by atoms with van der Waals surface area (Å²) < 4.78 is 11.7. The smallest absolute Gasteiger partial charge is 0.305 e. The van der Waals surface area contributed by atoms with Crippen molar-refractivity contribution in [2.45, 2.75) is 150 Å². The van der Waals surface area contributed by atoms with Crippen molar-refractivity contribution in [2.75, 3.05) is 6.61 Å². The first-order chi connectivity index (χ1) is 17.7. The Balaban J connectivity index is 2.81. The molecule has 4 atom stereocenters. The van der Waals surface area contributed by atoms with Crippen LogP contribution in [0.2, 0.25) is 0 Å². The van der Waals surface area contributed by atoms with Crippen molar-refractivity contribution in [2.24, 2.45) is 17.3 Å². The van der Waals surface area contributed by atoms with Crippen molar-refractivity contribution in [3.05, 3.63) is 0 Å². The Morgan fingerprint density at radius 2 is 1.47 bits per heavy atom. The number of carbonyl (C=O) groups is 3. The first kappa shape index (κ1) is 34.4. The third kappa shape index (κ3) is 12.0. The second-order valence-corrected chi connectivity index (χ2v) is 12.5. The van der Waals surface area contributed by atoms with Gasteiger partial charge in [-0.1, -0.05) is 92.9 Å². The van der Waals surface area contributed by atoms with Crippen molar-refractivity contribution < 1.29 is 29.0 Å². The zero-order chi connectivity index (χ0) is 28.9. The van der Waals surface area contributed by atoms with Gasteiger partial charge in [-0.05, 0) is 32.6 Å². The van der Waals surface area contributed by atoms with Crippen LogP contribution < -0.4 is 10.6 Å². The lowest BCUT2D eigenvalue weighted by Gasteiger charge is -2.45. The molecule has 8 nitrogen and oxygen atoms in total. The number of amides is 2. The average molecular weight is 541 g/mol. The van der Waals surface area contributed by atoms with Crippen LogP contribution >= 0.6 is 0 Å². The van der Waals surface area contributed by atoms with Crippen molar-refractivity contribution in [1.29, 1.82) is 0 Å². The molecule has 1 aliphatic rings. The van der Waals surface area contributed by atoms with E-state index in [9.17, 15) is 19.5 Å². The fourth-order valence-corrected chi connectivity index (χ4v) is 5.10. The molecule has 0 saturated carbocycles. The van der Waals surface area contributed by atoms with Gasteiger partial charge in [0.2, 0.25) is 11.8 Å². The number of hydrogen-bond donors (Lipinski definition) is 3. The number of rotatable bonds is 18. The van der Waals surface area contributed by atoms with Gasteiger partial charge in [0, 0.05) is 17.4 Å². The third-order valence-corrected chi connectivity index (χ3v) is 7.63. The molecule has 0 spiro atoms. The number of carboxylic acids is 1. The molecule has 4 unspecified atom stereocenters. The van der Waals surface area contributed by atoms with Gasteiger partial charge in [-0.2, -0.15) is 0 Å². The highest BCUT2D eigenvalue weighted by atomic mass is 16.7. The maximum Gasteiger partial charge on any atom is 0.305 e. The van der Waals surface area contributed by atoms with E-state index in [1.165, 1.54) is 38.5 Å². The van der Waals surface area contributed by atoms with Gasteiger partial charge in [-0.3, -0.25) is 14.4 Å². The van der Waals surface area contributed by atoms with Crippen LogP contribution in [0.25, 0.3) is 0 Å². The lowest BCUT2D eigenvalue weighted by molar-refractivity contribution is -0.304. The van der Waals surface area contributed by atoms with E-state index in [0.29, 0.717) is 13.0 Å². The van der Waals surface area contributed by atoms with E-state index < -0.39 is 35.4 Å². The van der Waals surface area contributed by atoms with Crippen LogP contribution in [0.4, 0.5) is 0 Å². The zero-order valence-corrected chi connectivity index (χ0v) is 25.4. The van der Waals surface area contributed by atoms with Gasteiger partial charge in [0.25, 0.3) is 0 Å². The van der Waals surface area contributed by atoms with E-state index in [4.69, 9.17) is 9.47 Å². The zero-order valence-electron chi connectivity index (χ0n) is 25.4. The van der Waals surface area contributed by atoms with Crippen LogP contribution in [-0.4, -0.2) is 53.5 Å². The topological polar surface area (TPSA) is 114 Å². The second kappa shape index (κ2) is 16.4. The fourth-order valence-electron chi connectivity index (χ4n) is 5.10. The first-order valence-electron chi connectivity index (χ1n) is 14.9. The Morgan fingerprint density at radius 1 is 0.895 bits per heavy atom. The number of hydrogen-bond acceptors (Lipinski definition) is 5. The van der Waals surface area contributed by atoms with E-state index >= 15 is 0 Å².